The van der Waals surface area contributed by atoms with Gasteiger partial charge in [-0.1, -0.05) is 30.1 Å². The van der Waals surface area contributed by atoms with Crippen LogP contribution in [0, 0.1) is 0 Å². The van der Waals surface area contributed by atoms with Crippen LogP contribution in [0.5, 0.6) is 0 Å². The number of aromatic nitrogens is 1. The Balaban J connectivity index is 2.65. The third-order valence-corrected chi connectivity index (χ3v) is 2.82. The number of hydrogen-bond donors (Lipinski definition) is 1. The number of rotatable bonds is 2. The number of hydrogen-bond acceptors (Lipinski definition) is 3. The highest BCUT2D eigenvalue weighted by molar-refractivity contribution is 6.42. The molecule has 0 radical (unpaired) electrons. The smallest absolute Gasteiger partial charge is 0.195 e. The highest BCUT2D eigenvalue weighted by Gasteiger charge is 2.13. The highest BCUT2D eigenvalue weighted by Crippen LogP contribution is 2.35. The van der Waals surface area contributed by atoms with Gasteiger partial charge >= 0.3 is 0 Å². The molecule has 2 aromatic rings. The van der Waals surface area contributed by atoms with E-state index in [0.717, 1.165) is 12.8 Å². The zero-order valence-electron chi connectivity index (χ0n) is 8.18. The lowest BCUT2D eigenvalue weighted by atomic mass is 10.3. The third kappa shape index (κ3) is 1.77. The summed E-state index contributed by atoms with van der Waals surface area (Å²) in [5.41, 5.74) is 7.21. The number of aryl methyl sites for hydroxylation is 1. The summed E-state index contributed by atoms with van der Waals surface area (Å²) in [7, 11) is 0. The second kappa shape index (κ2) is 3.91. The fourth-order valence-electron chi connectivity index (χ4n) is 1.38. The van der Waals surface area contributed by atoms with Crippen LogP contribution in [0.2, 0.25) is 10.0 Å². The lowest BCUT2D eigenvalue weighted by Gasteiger charge is -1.99. The Morgan fingerprint density at radius 1 is 1.47 bits per heavy atom. The molecule has 3 nitrogen and oxygen atoms in total. The second-order valence-electron chi connectivity index (χ2n) is 3.29. The summed E-state index contributed by atoms with van der Waals surface area (Å²) < 4.78 is 5.49. The van der Waals surface area contributed by atoms with Gasteiger partial charge in [0.15, 0.2) is 11.5 Å². The van der Waals surface area contributed by atoms with Crippen LogP contribution >= 0.6 is 23.2 Å². The first-order valence-electron chi connectivity index (χ1n) is 4.66. The zero-order valence-corrected chi connectivity index (χ0v) is 9.69. The van der Waals surface area contributed by atoms with Crippen LogP contribution in [-0.4, -0.2) is 4.98 Å². The average molecular weight is 245 g/mol. The van der Waals surface area contributed by atoms with Gasteiger partial charge in [0.05, 0.1) is 15.7 Å². The first-order valence-corrected chi connectivity index (χ1v) is 5.42. The first kappa shape index (κ1) is 10.6. The van der Waals surface area contributed by atoms with Gasteiger partial charge in [0.1, 0.15) is 5.52 Å². The van der Waals surface area contributed by atoms with Crippen molar-refractivity contribution in [2.75, 3.05) is 5.73 Å². The fraction of sp³-hybridized carbons (Fsp3) is 0.300. The summed E-state index contributed by atoms with van der Waals surface area (Å²) in [5.74, 6) is 0.663. The Morgan fingerprint density at radius 2 is 2.20 bits per heavy atom. The van der Waals surface area contributed by atoms with E-state index < -0.39 is 0 Å². The van der Waals surface area contributed by atoms with Crippen molar-refractivity contribution in [1.82, 2.24) is 4.98 Å². The molecule has 80 valence electrons. The van der Waals surface area contributed by atoms with Crippen molar-refractivity contribution in [3.63, 3.8) is 0 Å². The minimum atomic E-state index is 0.349. The van der Waals surface area contributed by atoms with E-state index in [4.69, 9.17) is 33.4 Å². The predicted octanol–water partition coefficient (Wildman–Crippen LogP) is 3.67. The van der Waals surface area contributed by atoms with Gasteiger partial charge in [-0.2, -0.15) is 0 Å². The van der Waals surface area contributed by atoms with Crippen LogP contribution in [-0.2, 0) is 6.42 Å². The lowest BCUT2D eigenvalue weighted by Crippen LogP contribution is -1.88. The van der Waals surface area contributed by atoms with E-state index in [1.165, 1.54) is 0 Å². The van der Waals surface area contributed by atoms with Gasteiger partial charge in [-0.15, -0.1) is 0 Å². The van der Waals surface area contributed by atoms with Gasteiger partial charge in [-0.25, -0.2) is 4.98 Å². The Labute approximate surface area is 97.2 Å². The maximum Gasteiger partial charge on any atom is 0.195 e. The first-order chi connectivity index (χ1) is 7.13. The van der Waals surface area contributed by atoms with Crippen LogP contribution in [0.3, 0.4) is 0 Å². The molecule has 0 spiro atoms. The molecule has 0 aliphatic heterocycles. The van der Waals surface area contributed by atoms with Crippen LogP contribution in [0.4, 0.5) is 5.69 Å². The van der Waals surface area contributed by atoms with Crippen LogP contribution < -0.4 is 5.73 Å². The van der Waals surface area contributed by atoms with E-state index in [1.54, 1.807) is 6.07 Å². The molecule has 0 aliphatic carbocycles. The van der Waals surface area contributed by atoms with Crippen molar-refractivity contribution in [1.29, 1.82) is 0 Å². The van der Waals surface area contributed by atoms with Crippen molar-refractivity contribution in [3.8, 4) is 0 Å². The van der Waals surface area contributed by atoms with Crippen LogP contribution in [0.1, 0.15) is 19.2 Å². The fourth-order valence-corrected chi connectivity index (χ4v) is 1.86. The molecule has 0 unspecified atom stereocenters. The van der Waals surface area contributed by atoms with E-state index in [2.05, 4.69) is 11.9 Å². The van der Waals surface area contributed by atoms with Gasteiger partial charge in [0.25, 0.3) is 0 Å². The molecule has 1 aromatic carbocycles. The Hall–Kier alpha value is -0.930. The number of benzene rings is 1. The van der Waals surface area contributed by atoms with Gasteiger partial charge in [0, 0.05) is 12.5 Å². The minimum Gasteiger partial charge on any atom is -0.441 e. The monoisotopic (exact) mass is 244 g/mol. The number of nitrogen functional groups attached to an aromatic ring is 1. The van der Waals surface area contributed by atoms with Gasteiger partial charge in [-0.05, 0) is 6.42 Å². The summed E-state index contributed by atoms with van der Waals surface area (Å²) in [5, 5.41) is 0.760. The standard InChI is InChI=1S/C10H10Cl2N2O/c1-2-3-7-14-10-6(15-7)4-5(11)9(13)8(10)12/h4H,2-3,13H2,1H3. The molecule has 0 fully saturated rings. The van der Waals surface area contributed by atoms with Gasteiger partial charge in [0.2, 0.25) is 0 Å². The summed E-state index contributed by atoms with van der Waals surface area (Å²) >= 11 is 11.9. The molecule has 15 heavy (non-hydrogen) atoms. The summed E-state index contributed by atoms with van der Waals surface area (Å²) in [4.78, 5) is 4.27. The Bertz CT molecular complexity index is 508. The Morgan fingerprint density at radius 3 is 2.87 bits per heavy atom. The normalized spacial score (nSPS) is 11.1. The van der Waals surface area contributed by atoms with Crippen molar-refractivity contribution < 1.29 is 4.42 Å². The van der Waals surface area contributed by atoms with Gasteiger partial charge in [-0.3, -0.25) is 0 Å². The molecule has 5 heteroatoms. The molecular weight excluding hydrogens is 235 g/mol. The molecule has 1 heterocycles. The molecule has 1 aromatic heterocycles. The Kier molecular flexibility index (Phi) is 2.76. The largest absolute Gasteiger partial charge is 0.441 e. The van der Waals surface area contributed by atoms with E-state index in [0.29, 0.717) is 32.7 Å². The van der Waals surface area contributed by atoms with E-state index in [-0.39, 0.29) is 0 Å². The number of fused-ring (bicyclic) bond motifs is 1. The van der Waals surface area contributed by atoms with Crippen molar-refractivity contribution in [3.05, 3.63) is 22.0 Å². The third-order valence-electron chi connectivity index (χ3n) is 2.12. The molecule has 2 rings (SSSR count). The molecular formula is C10H10Cl2N2O. The molecule has 0 aliphatic rings. The van der Waals surface area contributed by atoms with Crippen molar-refractivity contribution in [2.45, 2.75) is 19.8 Å². The molecule has 0 atom stereocenters. The highest BCUT2D eigenvalue weighted by atomic mass is 35.5. The summed E-state index contributed by atoms with van der Waals surface area (Å²) in [6.45, 7) is 2.05. The quantitative estimate of drug-likeness (QED) is 0.821. The van der Waals surface area contributed by atoms with Crippen LogP contribution in [0.15, 0.2) is 10.5 Å². The molecule has 0 bridgehead atoms. The van der Waals surface area contributed by atoms with E-state index >= 15 is 0 Å². The average Bonchev–Trinajstić information content (AvgIpc) is 2.58. The van der Waals surface area contributed by atoms with Gasteiger partial charge < -0.3 is 10.2 Å². The van der Waals surface area contributed by atoms with E-state index in [9.17, 15) is 0 Å². The van der Waals surface area contributed by atoms with Crippen LogP contribution in [0.25, 0.3) is 11.1 Å². The number of nitrogens with zero attached hydrogens (tertiary/aromatic N) is 1. The van der Waals surface area contributed by atoms with Crippen molar-refractivity contribution in [2.24, 2.45) is 0 Å². The number of anilines is 1. The molecule has 0 saturated carbocycles. The lowest BCUT2D eigenvalue weighted by molar-refractivity contribution is 0.525. The minimum absolute atomic E-state index is 0.349. The maximum absolute atomic E-state index is 6.01. The summed E-state index contributed by atoms with van der Waals surface area (Å²) in [6.07, 6.45) is 1.75. The topological polar surface area (TPSA) is 52.0 Å². The van der Waals surface area contributed by atoms with Crippen molar-refractivity contribution >= 4 is 40.0 Å². The number of nitrogens with two attached hydrogens (primary N) is 1. The predicted molar refractivity (Wildman–Crippen MR) is 62.4 cm³/mol. The zero-order chi connectivity index (χ0) is 11.0. The summed E-state index contributed by atoms with van der Waals surface area (Å²) in [6, 6.07) is 1.64. The van der Waals surface area contributed by atoms with E-state index in [1.807, 2.05) is 0 Å². The second-order valence-corrected chi connectivity index (χ2v) is 4.08. The maximum atomic E-state index is 6.01. The number of oxazole rings is 1. The molecule has 0 amide bonds. The molecule has 2 N–H and O–H groups in total. The molecule has 0 saturated heterocycles. The number of halogens is 2. The SMILES string of the molecule is CCCc1nc2c(Cl)c(N)c(Cl)cc2o1.